The Bertz CT molecular complexity index is 1300. The van der Waals surface area contributed by atoms with E-state index < -0.39 is 0 Å². The van der Waals surface area contributed by atoms with Gasteiger partial charge in [0.2, 0.25) is 0 Å². The molecule has 1 saturated heterocycles. The monoisotopic (exact) mass is 438 g/mol. The molecule has 5 rings (SSSR count). The predicted octanol–water partition coefficient (Wildman–Crippen LogP) is 4.98. The van der Waals surface area contributed by atoms with Crippen molar-refractivity contribution in [2.75, 3.05) is 26.3 Å². The number of benzene rings is 3. The van der Waals surface area contributed by atoms with E-state index in [1.165, 1.54) is 0 Å². The number of carbonyl (C=O) groups is 2. The van der Waals surface area contributed by atoms with E-state index in [0.717, 1.165) is 28.5 Å². The number of ether oxygens (including phenoxy) is 2. The normalized spacial score (nSPS) is 13.6. The first-order valence-electron chi connectivity index (χ1n) is 10.8. The molecule has 1 amide bonds. The van der Waals surface area contributed by atoms with Crippen molar-refractivity contribution in [3.05, 3.63) is 90.1 Å². The zero-order chi connectivity index (χ0) is 22.6. The van der Waals surface area contributed by atoms with E-state index in [1.807, 2.05) is 60.7 Å². The smallest absolute Gasteiger partial charge is 0.254 e. The maximum atomic E-state index is 13.0. The number of amides is 1. The molecular weight excluding hydrogens is 416 g/mol. The zero-order valence-electron chi connectivity index (χ0n) is 17.9. The summed E-state index contributed by atoms with van der Waals surface area (Å²) in [6, 6.07) is 24.4. The van der Waals surface area contributed by atoms with Gasteiger partial charge >= 0.3 is 0 Å². The van der Waals surface area contributed by atoms with Crippen LogP contribution in [-0.2, 0) is 4.74 Å². The average Bonchev–Trinajstić information content (AvgIpc) is 2.89. The van der Waals surface area contributed by atoms with Crippen LogP contribution in [0.15, 0.2) is 78.9 Å². The molecule has 1 aliphatic rings. The zero-order valence-corrected chi connectivity index (χ0v) is 17.9. The summed E-state index contributed by atoms with van der Waals surface area (Å²) in [6.07, 6.45) is 0.739. The van der Waals surface area contributed by atoms with Crippen molar-refractivity contribution in [1.29, 1.82) is 0 Å². The van der Waals surface area contributed by atoms with Crippen LogP contribution in [-0.4, -0.2) is 48.4 Å². The van der Waals surface area contributed by atoms with Crippen LogP contribution in [0.1, 0.15) is 20.8 Å². The summed E-state index contributed by atoms with van der Waals surface area (Å²) in [5, 5.41) is 0.816. The van der Waals surface area contributed by atoms with Crippen LogP contribution in [0.5, 0.6) is 11.5 Å². The van der Waals surface area contributed by atoms with E-state index in [4.69, 9.17) is 9.47 Å². The molecule has 6 nitrogen and oxygen atoms in total. The molecule has 164 valence electrons. The highest BCUT2D eigenvalue weighted by molar-refractivity contribution is 6.03. The molecule has 3 aromatic carbocycles. The van der Waals surface area contributed by atoms with Gasteiger partial charge in [-0.05, 0) is 59.7 Å². The van der Waals surface area contributed by atoms with Gasteiger partial charge in [0.05, 0.1) is 18.7 Å². The summed E-state index contributed by atoms with van der Waals surface area (Å²) in [5.41, 5.74) is 3.34. The molecule has 6 heteroatoms. The Morgan fingerprint density at radius 1 is 0.909 bits per heavy atom. The maximum Gasteiger partial charge on any atom is 0.254 e. The lowest BCUT2D eigenvalue weighted by Gasteiger charge is -2.27. The van der Waals surface area contributed by atoms with Gasteiger partial charge in [0.25, 0.3) is 5.91 Å². The number of nitrogens with zero attached hydrogens (tertiary/aromatic N) is 2. The standard InChI is InChI=1S/C27H22N2O4/c30-18-21-17-24(19-6-9-23(10-7-19)33-22-4-2-1-3-5-22)25-16-20(8-11-26(25)28-21)27(31)29-12-14-32-15-13-29/h1-11,16-18H,12-15H2. The third kappa shape index (κ3) is 4.47. The van der Waals surface area contributed by atoms with Crippen LogP contribution in [0, 0.1) is 0 Å². The van der Waals surface area contributed by atoms with Gasteiger partial charge in [-0.25, -0.2) is 4.98 Å². The number of pyridine rings is 1. The Morgan fingerprint density at radius 2 is 1.64 bits per heavy atom. The molecule has 1 fully saturated rings. The highest BCUT2D eigenvalue weighted by Gasteiger charge is 2.19. The summed E-state index contributed by atoms with van der Waals surface area (Å²) in [6.45, 7) is 2.25. The van der Waals surface area contributed by atoms with Gasteiger partial charge in [0, 0.05) is 24.0 Å². The van der Waals surface area contributed by atoms with Gasteiger partial charge in [0.15, 0.2) is 6.29 Å². The fraction of sp³-hybridized carbons (Fsp3) is 0.148. The molecule has 0 spiro atoms. The molecule has 4 aromatic rings. The number of para-hydroxylation sites is 1. The van der Waals surface area contributed by atoms with Crippen LogP contribution >= 0.6 is 0 Å². The van der Waals surface area contributed by atoms with E-state index in [0.29, 0.717) is 48.8 Å². The third-order valence-corrected chi connectivity index (χ3v) is 5.64. The van der Waals surface area contributed by atoms with Gasteiger partial charge < -0.3 is 14.4 Å². The first-order valence-corrected chi connectivity index (χ1v) is 10.8. The van der Waals surface area contributed by atoms with Crippen molar-refractivity contribution in [1.82, 2.24) is 9.88 Å². The van der Waals surface area contributed by atoms with E-state index >= 15 is 0 Å². The highest BCUT2D eigenvalue weighted by Crippen LogP contribution is 2.32. The molecule has 0 atom stereocenters. The summed E-state index contributed by atoms with van der Waals surface area (Å²) >= 11 is 0. The quantitative estimate of drug-likeness (QED) is 0.411. The van der Waals surface area contributed by atoms with Crippen LogP contribution in [0.2, 0.25) is 0 Å². The largest absolute Gasteiger partial charge is 0.457 e. The number of fused-ring (bicyclic) bond motifs is 1. The average molecular weight is 438 g/mol. The number of aromatic nitrogens is 1. The molecule has 0 aliphatic carbocycles. The van der Waals surface area contributed by atoms with Crippen molar-refractivity contribution < 1.29 is 19.1 Å². The lowest BCUT2D eigenvalue weighted by Crippen LogP contribution is -2.40. The minimum Gasteiger partial charge on any atom is -0.457 e. The van der Waals surface area contributed by atoms with Gasteiger partial charge in [-0.15, -0.1) is 0 Å². The van der Waals surface area contributed by atoms with Crippen LogP contribution in [0.25, 0.3) is 22.0 Å². The summed E-state index contributed by atoms with van der Waals surface area (Å²) in [4.78, 5) is 30.8. The van der Waals surface area contributed by atoms with Crippen molar-refractivity contribution >= 4 is 23.1 Å². The number of aldehydes is 1. The maximum absolute atomic E-state index is 13.0. The Kier molecular flexibility index (Phi) is 5.83. The number of carbonyl (C=O) groups excluding carboxylic acids is 2. The Hall–Kier alpha value is -4.03. The second kappa shape index (κ2) is 9.22. The third-order valence-electron chi connectivity index (χ3n) is 5.64. The fourth-order valence-corrected chi connectivity index (χ4v) is 3.95. The van der Waals surface area contributed by atoms with Gasteiger partial charge in [-0.1, -0.05) is 30.3 Å². The van der Waals surface area contributed by atoms with Crippen LogP contribution in [0.4, 0.5) is 0 Å². The summed E-state index contributed by atoms with van der Waals surface area (Å²) in [7, 11) is 0. The Labute approximate surface area is 191 Å². The number of hydrogen-bond acceptors (Lipinski definition) is 5. The minimum atomic E-state index is -0.0303. The molecule has 0 N–H and O–H groups in total. The fourth-order valence-electron chi connectivity index (χ4n) is 3.95. The van der Waals surface area contributed by atoms with Crippen molar-refractivity contribution in [2.24, 2.45) is 0 Å². The van der Waals surface area contributed by atoms with Crippen LogP contribution in [0.3, 0.4) is 0 Å². The molecule has 33 heavy (non-hydrogen) atoms. The van der Waals surface area contributed by atoms with E-state index in [-0.39, 0.29) is 5.91 Å². The first kappa shape index (κ1) is 20.8. The first-order chi connectivity index (χ1) is 16.2. The Balaban J connectivity index is 1.51. The topological polar surface area (TPSA) is 68.7 Å². The summed E-state index contributed by atoms with van der Waals surface area (Å²) in [5.74, 6) is 1.44. The summed E-state index contributed by atoms with van der Waals surface area (Å²) < 4.78 is 11.2. The van der Waals surface area contributed by atoms with Crippen molar-refractivity contribution in [3.63, 3.8) is 0 Å². The predicted molar refractivity (Wildman–Crippen MR) is 126 cm³/mol. The molecule has 0 unspecified atom stereocenters. The molecule has 1 aromatic heterocycles. The molecule has 0 bridgehead atoms. The number of rotatable bonds is 5. The second-order valence-electron chi connectivity index (χ2n) is 7.79. The number of morpholine rings is 1. The van der Waals surface area contributed by atoms with E-state index in [9.17, 15) is 9.59 Å². The van der Waals surface area contributed by atoms with Gasteiger partial charge in [-0.2, -0.15) is 0 Å². The number of hydrogen-bond donors (Lipinski definition) is 0. The second-order valence-corrected chi connectivity index (χ2v) is 7.79. The molecule has 0 saturated carbocycles. The lowest BCUT2D eigenvalue weighted by molar-refractivity contribution is 0.0303. The molecule has 0 radical (unpaired) electrons. The van der Waals surface area contributed by atoms with Gasteiger partial charge in [0.1, 0.15) is 17.2 Å². The Morgan fingerprint density at radius 3 is 2.36 bits per heavy atom. The van der Waals surface area contributed by atoms with E-state index in [1.54, 1.807) is 23.1 Å². The van der Waals surface area contributed by atoms with E-state index in [2.05, 4.69) is 4.98 Å². The lowest BCUT2D eigenvalue weighted by atomic mass is 9.98. The van der Waals surface area contributed by atoms with Crippen molar-refractivity contribution in [2.45, 2.75) is 0 Å². The SMILES string of the molecule is O=Cc1cc(-c2ccc(Oc3ccccc3)cc2)c2cc(C(=O)N3CCOCC3)ccc2n1. The van der Waals surface area contributed by atoms with Crippen molar-refractivity contribution in [3.8, 4) is 22.6 Å². The highest BCUT2D eigenvalue weighted by atomic mass is 16.5. The molecular formula is C27H22N2O4. The molecule has 1 aliphatic heterocycles. The van der Waals surface area contributed by atoms with Crippen LogP contribution < -0.4 is 4.74 Å². The minimum absolute atomic E-state index is 0.0303. The van der Waals surface area contributed by atoms with Gasteiger partial charge in [-0.3, -0.25) is 9.59 Å². The molecule has 2 heterocycles.